The van der Waals surface area contributed by atoms with Crippen LogP contribution in [0.15, 0.2) is 95.6 Å². The molecule has 0 spiro atoms. The molecule has 1 saturated heterocycles. The Labute approximate surface area is 507 Å². The van der Waals surface area contributed by atoms with Gasteiger partial charge in [-0.15, -0.1) is 0 Å². The smallest absolute Gasteiger partial charge is 0.337 e. The van der Waals surface area contributed by atoms with Crippen LogP contribution in [-0.4, -0.2) is 111 Å². The Kier molecular flexibility index (Phi) is 25.8. The minimum atomic E-state index is -0.833. The quantitative estimate of drug-likeness (QED) is 0.0310. The number of hydrogen-bond donors (Lipinski definition) is 5. The number of carboxylic acid groups (broad SMARTS) is 1. The maximum atomic E-state index is 14.0. The van der Waals surface area contributed by atoms with E-state index in [0.29, 0.717) is 41.9 Å². The van der Waals surface area contributed by atoms with Gasteiger partial charge in [0.1, 0.15) is 37.4 Å². The van der Waals surface area contributed by atoms with E-state index in [1.54, 1.807) is 32.3 Å². The Hall–Kier alpha value is -8.66. The Bertz CT molecular complexity index is 3470. The molecule has 3 atom stereocenters. The number of benzene rings is 4. The lowest BCUT2D eigenvalue weighted by Gasteiger charge is -2.38. The van der Waals surface area contributed by atoms with Gasteiger partial charge < -0.3 is 45.0 Å². The summed E-state index contributed by atoms with van der Waals surface area (Å²) in [6.07, 6.45) is 3.80. The number of aryl methyl sites for hydroxylation is 6. The molecule has 21 nitrogen and oxygen atoms in total. The highest BCUT2D eigenvalue weighted by Gasteiger charge is 2.45. The van der Waals surface area contributed by atoms with Crippen LogP contribution < -0.4 is 11.5 Å². The number of aldehydes is 1. The molecule has 3 unspecified atom stereocenters. The third kappa shape index (κ3) is 20.2. The normalized spacial score (nSPS) is 16.3. The molecule has 468 valence electrons. The highest BCUT2D eigenvalue weighted by Crippen LogP contribution is 2.47. The molecule has 21 heteroatoms. The number of H-pyrrole nitrogens is 2. The van der Waals surface area contributed by atoms with Gasteiger partial charge in [-0.25, -0.2) is 9.59 Å². The first-order valence-electron chi connectivity index (χ1n) is 28.4. The number of aliphatic carboxylic acids is 1. The maximum Gasteiger partial charge on any atom is 0.337 e. The Morgan fingerprint density at radius 1 is 0.713 bits per heavy atom. The minimum Gasteiger partial charge on any atom is -0.481 e. The van der Waals surface area contributed by atoms with Crippen LogP contribution in [0.1, 0.15) is 167 Å². The molecule has 5 heterocycles. The maximum absolute atomic E-state index is 14.0. The van der Waals surface area contributed by atoms with Crippen LogP contribution in [0.2, 0.25) is 0 Å². The second-order valence-electron chi connectivity index (χ2n) is 23.0. The number of carbonyl (C=O) groups is 8. The number of esters is 4. The molecule has 1 fully saturated rings. The standard InChI is InChI=1S/C32H37N3O5.C14H16O3.C10H18O4.C8H6N2O.C2H4O2.H3N/c1-8-38-30(36)29-24(16-39-32(5,6)7)34-23-14-25(26-18(3)12-17(2)13-19(26)4)40-31(37)28(23)27(29)20-10-9-11-22-21(20)15-33-35-22;1-8-4-9(2)14(10(3)5-8)12-6-11(15)7-13(16)17-12;1-5-13-9(12)6-8(11)7-14-10(2,3)4;11-5-6-2-1-3-8-7(6)4-9-10-8;1-2(3)4;/h9-13,15,25,27,34H,8,14,16H2,1-7H3,(H,33,35);4-5,12H,6-7H2,1-3H3;5-7H2,1-4H3;1-5H,(H,9,10);1H3,(H,3,4);1H3. The summed E-state index contributed by atoms with van der Waals surface area (Å²) in [5.74, 6) is -3.70. The summed E-state index contributed by atoms with van der Waals surface area (Å²) in [7, 11) is 0. The molecule has 0 aliphatic carbocycles. The second-order valence-corrected chi connectivity index (χ2v) is 23.0. The molecule has 0 amide bonds. The Morgan fingerprint density at radius 2 is 1.22 bits per heavy atom. The van der Waals surface area contributed by atoms with Crippen LogP contribution in [-0.2, 0) is 62.0 Å². The van der Waals surface area contributed by atoms with E-state index in [2.05, 4.69) is 61.6 Å². The van der Waals surface area contributed by atoms with E-state index < -0.39 is 53.6 Å². The zero-order valence-corrected chi connectivity index (χ0v) is 52.7. The van der Waals surface area contributed by atoms with Crippen molar-refractivity contribution in [1.82, 2.24) is 31.9 Å². The van der Waals surface area contributed by atoms with Crippen LogP contribution in [0.25, 0.3) is 21.8 Å². The molecule has 4 aromatic carbocycles. The van der Waals surface area contributed by atoms with Crippen LogP contribution >= 0.6 is 0 Å². The van der Waals surface area contributed by atoms with Gasteiger partial charge in [-0.2, -0.15) is 10.2 Å². The third-order valence-corrected chi connectivity index (χ3v) is 13.5. The number of ether oxygens (including phenoxy) is 6. The van der Waals surface area contributed by atoms with Crippen LogP contribution in [0.4, 0.5) is 0 Å². The number of cyclic esters (lactones) is 2. The van der Waals surface area contributed by atoms with Crippen LogP contribution in [0.5, 0.6) is 0 Å². The molecule has 87 heavy (non-hydrogen) atoms. The molecule has 3 aliphatic rings. The number of Topliss-reactive ketones (excluding diaryl/α,β-unsaturated/α-hetero) is 2. The lowest BCUT2D eigenvalue weighted by atomic mass is 9.77. The van der Waals surface area contributed by atoms with Crippen LogP contribution in [0, 0.1) is 41.5 Å². The fraction of sp³-hybridized carbons (Fsp3) is 0.424. The monoisotopic (exact) mass is 1200 g/mol. The second kappa shape index (κ2) is 31.6. The van der Waals surface area contributed by atoms with Gasteiger partial charge in [0.15, 0.2) is 12.1 Å². The molecule has 3 aliphatic heterocycles. The predicted octanol–water partition coefficient (Wildman–Crippen LogP) is 11.3. The fourth-order valence-corrected chi connectivity index (χ4v) is 10.3. The van der Waals surface area contributed by atoms with Gasteiger partial charge in [0, 0.05) is 41.8 Å². The summed E-state index contributed by atoms with van der Waals surface area (Å²) in [6.45, 7) is 28.8. The van der Waals surface area contributed by atoms with Crippen molar-refractivity contribution in [2.24, 2.45) is 0 Å². The van der Waals surface area contributed by atoms with Crippen molar-refractivity contribution in [3.05, 3.63) is 151 Å². The van der Waals surface area contributed by atoms with Crippen molar-refractivity contribution in [3.63, 3.8) is 0 Å². The summed E-state index contributed by atoms with van der Waals surface area (Å²) in [4.78, 5) is 91.8. The topological polar surface area (TPSA) is 317 Å². The molecule has 0 bridgehead atoms. The van der Waals surface area contributed by atoms with Crippen LogP contribution in [0.3, 0.4) is 0 Å². The van der Waals surface area contributed by atoms with Gasteiger partial charge in [0.2, 0.25) is 0 Å². The van der Waals surface area contributed by atoms with Gasteiger partial charge in [-0.1, -0.05) is 59.7 Å². The molecular formula is C66H84N6O15. The SMILES string of the molecule is CC(=O)O.CCOC(=O)C1=C(COC(C)(C)C)NC2=C(C(=O)OC(c3c(C)cc(C)cc3C)C2)C1c1cccc2[nH]ncc12.CCOC(=O)CC(=O)COC(C)(C)C.Cc1cc(C)c(C2CC(=O)CC(=O)O2)c(C)c1.N.O=Cc1cccc2[nH]ncc12. The minimum absolute atomic E-state index is 0. The fourth-order valence-electron chi connectivity index (χ4n) is 10.3. The summed E-state index contributed by atoms with van der Waals surface area (Å²) >= 11 is 0. The van der Waals surface area contributed by atoms with Crippen molar-refractivity contribution in [2.45, 2.75) is 159 Å². The van der Waals surface area contributed by atoms with Gasteiger partial charge >= 0.3 is 23.9 Å². The van der Waals surface area contributed by atoms with Crippen molar-refractivity contribution in [3.8, 4) is 0 Å². The number of nitrogens with zero attached hydrogens (tertiary/aromatic N) is 2. The number of aromatic amines is 2. The molecule has 0 saturated carbocycles. The molecule has 0 radical (unpaired) electrons. The van der Waals surface area contributed by atoms with E-state index in [1.165, 1.54) is 5.56 Å². The number of carbonyl (C=O) groups excluding carboxylic acids is 7. The van der Waals surface area contributed by atoms with E-state index in [0.717, 1.165) is 85.2 Å². The average Bonchev–Trinajstić information content (AvgIpc) is 1.49. The van der Waals surface area contributed by atoms with Crippen molar-refractivity contribution >= 4 is 69.5 Å². The summed E-state index contributed by atoms with van der Waals surface area (Å²) in [5, 5.41) is 26.4. The number of nitrogens with one attached hydrogen (secondary N) is 3. The Balaban J connectivity index is 0.000000282. The first kappa shape index (κ1) is 70.8. The first-order chi connectivity index (χ1) is 40.4. The molecule has 7 N–H and O–H groups in total. The highest BCUT2D eigenvalue weighted by atomic mass is 16.6. The van der Waals surface area contributed by atoms with E-state index in [4.69, 9.17) is 33.6 Å². The zero-order valence-electron chi connectivity index (χ0n) is 52.7. The number of carboxylic acids is 1. The molecule has 2 aromatic heterocycles. The van der Waals surface area contributed by atoms with Crippen molar-refractivity contribution < 1.29 is 71.9 Å². The largest absolute Gasteiger partial charge is 0.481 e. The van der Waals surface area contributed by atoms with E-state index in [-0.39, 0.29) is 56.0 Å². The van der Waals surface area contributed by atoms with Gasteiger partial charge in [-0.3, -0.25) is 39.0 Å². The van der Waals surface area contributed by atoms with Gasteiger partial charge in [0.25, 0.3) is 5.97 Å². The zero-order chi connectivity index (χ0) is 63.8. The van der Waals surface area contributed by atoms with Gasteiger partial charge in [-0.05, 0) is 148 Å². The number of fused-ring (bicyclic) bond motifs is 2. The highest BCUT2D eigenvalue weighted by molar-refractivity contribution is 6.03. The number of aromatic nitrogens is 4. The lowest BCUT2D eigenvalue weighted by molar-refractivity contribution is -0.158. The third-order valence-electron chi connectivity index (χ3n) is 13.5. The van der Waals surface area contributed by atoms with Crippen molar-refractivity contribution in [2.75, 3.05) is 26.4 Å². The number of hydrogen-bond acceptors (Lipinski definition) is 18. The average molecular weight is 1200 g/mol. The first-order valence-corrected chi connectivity index (χ1v) is 28.4. The predicted molar refractivity (Wildman–Crippen MR) is 328 cm³/mol. The Morgan fingerprint density at radius 3 is 1.72 bits per heavy atom. The molecule has 6 aromatic rings. The molecule has 9 rings (SSSR count). The summed E-state index contributed by atoms with van der Waals surface area (Å²) in [6, 6.07) is 19.5. The van der Waals surface area contributed by atoms with E-state index >= 15 is 0 Å². The van der Waals surface area contributed by atoms with E-state index in [1.807, 2.05) is 106 Å². The number of dihydropyridines is 1. The number of ketones is 2. The molecular weight excluding hydrogens is 1120 g/mol. The summed E-state index contributed by atoms with van der Waals surface area (Å²) in [5.41, 5.74) is 13.1. The summed E-state index contributed by atoms with van der Waals surface area (Å²) < 4.78 is 33.0. The number of rotatable bonds is 13. The van der Waals surface area contributed by atoms with Crippen molar-refractivity contribution in [1.29, 1.82) is 0 Å². The van der Waals surface area contributed by atoms with Gasteiger partial charge in [0.05, 0.1) is 77.2 Å². The lowest BCUT2D eigenvalue weighted by Crippen LogP contribution is -2.39. The van der Waals surface area contributed by atoms with E-state index in [9.17, 15) is 33.6 Å².